The number of hydrogen-bond acceptors (Lipinski definition) is 2. The summed E-state index contributed by atoms with van der Waals surface area (Å²) in [5, 5.41) is 0. The Hall–Kier alpha value is -0.380. The molecule has 0 atom stereocenters. The van der Waals surface area contributed by atoms with Crippen molar-refractivity contribution in [3.8, 4) is 0 Å². The Kier molecular flexibility index (Phi) is 3.14. The molecule has 1 fully saturated rings. The molecule has 1 aromatic carbocycles. The van der Waals surface area contributed by atoms with Gasteiger partial charge in [-0.05, 0) is 36.5 Å². The van der Waals surface area contributed by atoms with Crippen LogP contribution < -0.4 is 5.73 Å². The van der Waals surface area contributed by atoms with Crippen LogP contribution in [-0.2, 0) is 17.8 Å². The molecule has 0 saturated heterocycles. The Balaban J connectivity index is 2.10. The van der Waals surface area contributed by atoms with Gasteiger partial charge in [0.2, 0.25) is 0 Å². The number of ether oxygens (including phenoxy) is 1. The third-order valence-electron chi connectivity index (χ3n) is 2.87. The van der Waals surface area contributed by atoms with Gasteiger partial charge in [0.15, 0.2) is 0 Å². The predicted octanol–water partition coefficient (Wildman–Crippen LogP) is 2.63. The molecule has 1 aromatic rings. The predicted molar refractivity (Wildman–Crippen MR) is 64.7 cm³/mol. The van der Waals surface area contributed by atoms with Crippen molar-refractivity contribution in [2.24, 2.45) is 5.73 Å². The standard InChI is InChI=1S/C12H16BrNO/c1-15-8-10-3-2-9(6-11(10)13)7-12(14)4-5-12/h2-3,6H,4-5,7-8,14H2,1H3. The molecule has 0 amide bonds. The number of nitrogens with two attached hydrogens (primary N) is 1. The van der Waals surface area contributed by atoms with Gasteiger partial charge >= 0.3 is 0 Å². The van der Waals surface area contributed by atoms with Crippen LogP contribution in [0.2, 0.25) is 0 Å². The summed E-state index contributed by atoms with van der Waals surface area (Å²) in [6, 6.07) is 6.40. The maximum absolute atomic E-state index is 6.09. The first-order chi connectivity index (χ1) is 7.13. The van der Waals surface area contributed by atoms with E-state index in [4.69, 9.17) is 10.5 Å². The molecule has 2 nitrogen and oxygen atoms in total. The van der Waals surface area contributed by atoms with Crippen LogP contribution in [0.25, 0.3) is 0 Å². The fourth-order valence-electron chi connectivity index (χ4n) is 1.72. The average Bonchev–Trinajstić information content (AvgIpc) is 2.89. The quantitative estimate of drug-likeness (QED) is 0.912. The lowest BCUT2D eigenvalue weighted by Crippen LogP contribution is -2.24. The molecular weight excluding hydrogens is 254 g/mol. The number of rotatable bonds is 4. The average molecular weight is 270 g/mol. The monoisotopic (exact) mass is 269 g/mol. The summed E-state index contributed by atoms with van der Waals surface area (Å²) < 4.78 is 6.22. The van der Waals surface area contributed by atoms with E-state index in [1.165, 1.54) is 11.1 Å². The van der Waals surface area contributed by atoms with Gasteiger partial charge in [0.05, 0.1) is 6.61 Å². The Bertz CT molecular complexity index is 361. The second-order valence-corrected chi connectivity index (χ2v) is 5.25. The lowest BCUT2D eigenvalue weighted by molar-refractivity contribution is 0.184. The molecule has 2 N–H and O–H groups in total. The minimum absolute atomic E-state index is 0.0855. The van der Waals surface area contributed by atoms with Gasteiger partial charge in [-0.25, -0.2) is 0 Å². The topological polar surface area (TPSA) is 35.2 Å². The van der Waals surface area contributed by atoms with Gasteiger partial charge in [-0.3, -0.25) is 0 Å². The molecule has 0 aliphatic heterocycles. The number of hydrogen-bond donors (Lipinski definition) is 1. The van der Waals surface area contributed by atoms with Crippen molar-refractivity contribution in [2.45, 2.75) is 31.4 Å². The van der Waals surface area contributed by atoms with Gasteiger partial charge in [0.25, 0.3) is 0 Å². The van der Waals surface area contributed by atoms with E-state index >= 15 is 0 Å². The van der Waals surface area contributed by atoms with Crippen molar-refractivity contribution in [1.82, 2.24) is 0 Å². The highest BCUT2D eigenvalue weighted by molar-refractivity contribution is 9.10. The highest BCUT2D eigenvalue weighted by Gasteiger charge is 2.37. The van der Waals surface area contributed by atoms with E-state index in [0.29, 0.717) is 6.61 Å². The molecule has 0 heterocycles. The summed E-state index contributed by atoms with van der Waals surface area (Å²) >= 11 is 3.56. The molecular formula is C12H16BrNO. The summed E-state index contributed by atoms with van der Waals surface area (Å²) in [5.74, 6) is 0. The van der Waals surface area contributed by atoms with Gasteiger partial charge in [0.1, 0.15) is 0 Å². The molecule has 1 saturated carbocycles. The normalized spacial score (nSPS) is 17.8. The largest absolute Gasteiger partial charge is 0.380 e. The highest BCUT2D eigenvalue weighted by Crippen LogP contribution is 2.36. The van der Waals surface area contributed by atoms with Crippen LogP contribution in [0.3, 0.4) is 0 Å². The van der Waals surface area contributed by atoms with Crippen LogP contribution in [0.5, 0.6) is 0 Å². The lowest BCUT2D eigenvalue weighted by Gasteiger charge is -2.10. The van der Waals surface area contributed by atoms with Gasteiger partial charge in [-0.1, -0.05) is 28.1 Å². The maximum Gasteiger partial charge on any atom is 0.0724 e. The number of methoxy groups -OCH3 is 1. The Labute approximate surface area is 98.9 Å². The van der Waals surface area contributed by atoms with Crippen LogP contribution >= 0.6 is 15.9 Å². The Morgan fingerprint density at radius 2 is 2.20 bits per heavy atom. The van der Waals surface area contributed by atoms with Crippen molar-refractivity contribution in [3.05, 3.63) is 33.8 Å². The van der Waals surface area contributed by atoms with E-state index in [9.17, 15) is 0 Å². The Morgan fingerprint density at radius 3 is 2.73 bits per heavy atom. The fourth-order valence-corrected chi connectivity index (χ4v) is 2.26. The van der Waals surface area contributed by atoms with E-state index in [1.54, 1.807) is 7.11 Å². The van der Waals surface area contributed by atoms with Crippen molar-refractivity contribution >= 4 is 15.9 Å². The molecule has 1 aliphatic rings. The maximum atomic E-state index is 6.09. The summed E-state index contributed by atoms with van der Waals surface area (Å²) in [4.78, 5) is 0. The van der Waals surface area contributed by atoms with Crippen molar-refractivity contribution in [2.75, 3.05) is 7.11 Å². The number of benzene rings is 1. The first-order valence-electron chi connectivity index (χ1n) is 5.18. The van der Waals surface area contributed by atoms with Crippen LogP contribution in [0.4, 0.5) is 0 Å². The van der Waals surface area contributed by atoms with E-state index in [1.807, 2.05) is 0 Å². The van der Waals surface area contributed by atoms with Gasteiger partial charge in [0, 0.05) is 17.1 Å². The SMILES string of the molecule is COCc1ccc(CC2(N)CC2)cc1Br. The zero-order valence-electron chi connectivity index (χ0n) is 8.92. The second kappa shape index (κ2) is 4.24. The van der Waals surface area contributed by atoms with Gasteiger partial charge in [-0.2, -0.15) is 0 Å². The van der Waals surface area contributed by atoms with Crippen molar-refractivity contribution < 1.29 is 4.74 Å². The minimum Gasteiger partial charge on any atom is -0.380 e. The molecule has 15 heavy (non-hydrogen) atoms. The van der Waals surface area contributed by atoms with Crippen LogP contribution in [0, 0.1) is 0 Å². The zero-order chi connectivity index (χ0) is 10.9. The van der Waals surface area contributed by atoms with Crippen molar-refractivity contribution in [1.29, 1.82) is 0 Å². The first-order valence-corrected chi connectivity index (χ1v) is 5.97. The highest BCUT2D eigenvalue weighted by atomic mass is 79.9. The second-order valence-electron chi connectivity index (χ2n) is 4.40. The molecule has 0 aromatic heterocycles. The minimum atomic E-state index is 0.0855. The summed E-state index contributed by atoms with van der Waals surface area (Å²) in [6.45, 7) is 0.647. The molecule has 1 aliphatic carbocycles. The first kappa shape index (κ1) is 11.1. The third-order valence-corrected chi connectivity index (χ3v) is 3.60. The van der Waals surface area contributed by atoms with Crippen LogP contribution in [0.1, 0.15) is 24.0 Å². The molecule has 0 bridgehead atoms. The number of halogens is 1. The molecule has 0 spiro atoms. The summed E-state index contributed by atoms with van der Waals surface area (Å²) in [7, 11) is 1.71. The summed E-state index contributed by atoms with van der Waals surface area (Å²) in [5.41, 5.74) is 8.66. The van der Waals surface area contributed by atoms with Crippen LogP contribution in [-0.4, -0.2) is 12.6 Å². The van der Waals surface area contributed by atoms with Crippen LogP contribution in [0.15, 0.2) is 22.7 Å². The van der Waals surface area contributed by atoms with E-state index < -0.39 is 0 Å². The third kappa shape index (κ3) is 2.80. The van der Waals surface area contributed by atoms with Crippen molar-refractivity contribution in [3.63, 3.8) is 0 Å². The van der Waals surface area contributed by atoms with E-state index in [0.717, 1.165) is 23.7 Å². The lowest BCUT2D eigenvalue weighted by atomic mass is 10.0. The molecule has 0 radical (unpaired) electrons. The van der Waals surface area contributed by atoms with Gasteiger partial charge < -0.3 is 10.5 Å². The zero-order valence-corrected chi connectivity index (χ0v) is 10.5. The molecule has 82 valence electrons. The molecule has 2 rings (SSSR count). The Morgan fingerprint density at radius 1 is 1.47 bits per heavy atom. The van der Waals surface area contributed by atoms with E-state index in [-0.39, 0.29) is 5.54 Å². The molecule has 0 unspecified atom stereocenters. The summed E-state index contributed by atoms with van der Waals surface area (Å²) in [6.07, 6.45) is 3.30. The molecule has 3 heteroatoms. The fraction of sp³-hybridized carbons (Fsp3) is 0.500. The van der Waals surface area contributed by atoms with E-state index in [2.05, 4.69) is 34.1 Å². The van der Waals surface area contributed by atoms with Gasteiger partial charge in [-0.15, -0.1) is 0 Å². The smallest absolute Gasteiger partial charge is 0.0724 e.